The molecule has 3 rings (SSSR count). The van der Waals surface area contributed by atoms with Crippen LogP contribution in [0.25, 0.3) is 11.4 Å². The molecule has 5 nitrogen and oxygen atoms in total. The minimum Gasteiger partial charge on any atom is -0.497 e. The Bertz CT molecular complexity index is 955. The first-order valence-electron chi connectivity index (χ1n) is 8.97. The third kappa shape index (κ3) is 4.59. The summed E-state index contributed by atoms with van der Waals surface area (Å²) in [6.07, 6.45) is 0. The van der Waals surface area contributed by atoms with Crippen molar-refractivity contribution in [1.82, 2.24) is 14.8 Å². The van der Waals surface area contributed by atoms with E-state index in [2.05, 4.69) is 24.0 Å². The molecule has 0 saturated heterocycles. The number of hydrogen-bond acceptors (Lipinski definition) is 5. The lowest BCUT2D eigenvalue weighted by Gasteiger charge is -2.12. The van der Waals surface area contributed by atoms with Gasteiger partial charge in [0.1, 0.15) is 11.6 Å². The number of carbonyl (C=O) groups is 1. The lowest BCUT2D eigenvalue weighted by molar-refractivity contribution is 0.102. The lowest BCUT2D eigenvalue weighted by Crippen LogP contribution is -2.10. The Hall–Kier alpha value is -2.67. The molecule has 0 unspecified atom stereocenters. The molecule has 1 heterocycles. The molecule has 0 atom stereocenters. The molecule has 0 amide bonds. The van der Waals surface area contributed by atoms with Crippen molar-refractivity contribution in [3.63, 3.8) is 0 Å². The summed E-state index contributed by atoms with van der Waals surface area (Å²) in [7, 11) is 1.58. The van der Waals surface area contributed by atoms with Gasteiger partial charge in [0.2, 0.25) is 0 Å². The van der Waals surface area contributed by atoms with Gasteiger partial charge in [-0.1, -0.05) is 37.7 Å². The number of thioether (sulfide) groups is 1. The lowest BCUT2D eigenvalue weighted by atomic mass is 10.1. The predicted octanol–water partition coefficient (Wildman–Crippen LogP) is 4.72. The van der Waals surface area contributed by atoms with Gasteiger partial charge in [0.05, 0.1) is 18.4 Å². The zero-order chi connectivity index (χ0) is 20.1. The summed E-state index contributed by atoms with van der Waals surface area (Å²) in [6, 6.07) is 13.5. The van der Waals surface area contributed by atoms with Crippen LogP contribution in [0, 0.1) is 11.7 Å². The number of methoxy groups -OCH3 is 1. The van der Waals surface area contributed by atoms with E-state index in [1.54, 1.807) is 49.6 Å². The van der Waals surface area contributed by atoms with Crippen molar-refractivity contribution < 1.29 is 13.9 Å². The molecule has 0 N–H and O–H groups in total. The highest BCUT2D eigenvalue weighted by atomic mass is 32.2. The second-order valence-electron chi connectivity index (χ2n) is 6.73. The van der Waals surface area contributed by atoms with E-state index in [4.69, 9.17) is 4.74 Å². The predicted molar refractivity (Wildman–Crippen MR) is 108 cm³/mol. The molecule has 0 spiro atoms. The summed E-state index contributed by atoms with van der Waals surface area (Å²) >= 11 is 1.31. The van der Waals surface area contributed by atoms with Crippen LogP contribution in [0.1, 0.15) is 24.2 Å². The molecule has 0 aliphatic rings. The molecule has 28 heavy (non-hydrogen) atoms. The van der Waals surface area contributed by atoms with E-state index >= 15 is 0 Å². The maximum atomic E-state index is 14.2. The van der Waals surface area contributed by atoms with Crippen molar-refractivity contribution in [2.45, 2.75) is 25.5 Å². The quantitative estimate of drug-likeness (QED) is 0.405. The Balaban J connectivity index is 1.81. The second-order valence-corrected chi connectivity index (χ2v) is 7.67. The van der Waals surface area contributed by atoms with Crippen molar-refractivity contribution in [2.24, 2.45) is 5.92 Å². The van der Waals surface area contributed by atoms with Crippen LogP contribution in [0.5, 0.6) is 5.75 Å². The Labute approximate surface area is 167 Å². The topological polar surface area (TPSA) is 57.0 Å². The monoisotopic (exact) mass is 399 g/mol. The Morgan fingerprint density at radius 2 is 1.86 bits per heavy atom. The van der Waals surface area contributed by atoms with Crippen LogP contribution in [0.4, 0.5) is 4.39 Å². The largest absolute Gasteiger partial charge is 0.497 e. The second kappa shape index (κ2) is 9.01. The van der Waals surface area contributed by atoms with Crippen LogP contribution in [-0.2, 0) is 6.54 Å². The molecule has 0 radical (unpaired) electrons. The molecule has 0 aliphatic carbocycles. The van der Waals surface area contributed by atoms with Crippen molar-refractivity contribution in [3.8, 4) is 17.1 Å². The highest BCUT2D eigenvalue weighted by Gasteiger charge is 2.19. The van der Waals surface area contributed by atoms with E-state index in [1.807, 2.05) is 4.57 Å². The van der Waals surface area contributed by atoms with Gasteiger partial charge in [-0.3, -0.25) is 4.79 Å². The van der Waals surface area contributed by atoms with E-state index in [9.17, 15) is 9.18 Å². The van der Waals surface area contributed by atoms with Crippen LogP contribution in [0.15, 0.2) is 53.7 Å². The number of carbonyl (C=O) groups excluding carboxylic acids is 1. The standard InChI is InChI=1S/C21H22FN3O2S/c1-14(2)12-25-20(17-6-4-5-7-18(17)22)23-24-21(25)28-13-19(26)15-8-10-16(27-3)11-9-15/h4-11,14H,12-13H2,1-3H3. The molecule has 3 aromatic rings. The van der Waals surface area contributed by atoms with E-state index in [0.717, 1.165) is 0 Å². The summed E-state index contributed by atoms with van der Waals surface area (Å²) < 4.78 is 21.2. The number of nitrogens with zero attached hydrogens (tertiary/aromatic N) is 3. The van der Waals surface area contributed by atoms with Crippen LogP contribution in [0.2, 0.25) is 0 Å². The minimum absolute atomic E-state index is 0.0146. The Kier molecular flexibility index (Phi) is 6.46. The van der Waals surface area contributed by atoms with Crippen molar-refractivity contribution in [3.05, 3.63) is 59.9 Å². The van der Waals surface area contributed by atoms with Crippen molar-refractivity contribution >= 4 is 17.5 Å². The normalized spacial score (nSPS) is 11.0. The van der Waals surface area contributed by atoms with Gasteiger partial charge in [0.25, 0.3) is 0 Å². The smallest absolute Gasteiger partial charge is 0.191 e. The molecule has 0 fully saturated rings. The number of halogens is 1. The molecule has 0 aliphatic heterocycles. The highest BCUT2D eigenvalue weighted by molar-refractivity contribution is 7.99. The number of benzene rings is 2. The number of hydrogen-bond donors (Lipinski definition) is 0. The number of aromatic nitrogens is 3. The van der Waals surface area contributed by atoms with E-state index < -0.39 is 0 Å². The molecular formula is C21H22FN3O2S. The molecule has 0 saturated carbocycles. The van der Waals surface area contributed by atoms with Gasteiger partial charge in [0, 0.05) is 12.1 Å². The van der Waals surface area contributed by atoms with Crippen molar-refractivity contribution in [1.29, 1.82) is 0 Å². The van der Waals surface area contributed by atoms with Gasteiger partial charge in [-0.25, -0.2) is 4.39 Å². The summed E-state index contributed by atoms with van der Waals surface area (Å²) in [6.45, 7) is 4.78. The van der Waals surface area contributed by atoms with E-state index in [0.29, 0.717) is 40.3 Å². The highest BCUT2D eigenvalue weighted by Crippen LogP contribution is 2.27. The Morgan fingerprint density at radius 3 is 2.50 bits per heavy atom. The number of rotatable bonds is 8. The summed E-state index contributed by atoms with van der Waals surface area (Å²) in [5.41, 5.74) is 1.02. The van der Waals surface area contributed by atoms with Crippen LogP contribution in [-0.4, -0.2) is 33.4 Å². The van der Waals surface area contributed by atoms with E-state index in [-0.39, 0.29) is 17.4 Å². The maximum Gasteiger partial charge on any atom is 0.191 e. The minimum atomic E-state index is -0.342. The maximum absolute atomic E-state index is 14.2. The summed E-state index contributed by atoms with van der Waals surface area (Å²) in [5.74, 6) is 1.37. The number of ketones is 1. The fourth-order valence-corrected chi connectivity index (χ4v) is 3.60. The molecule has 1 aromatic heterocycles. The van der Waals surface area contributed by atoms with Gasteiger partial charge >= 0.3 is 0 Å². The molecular weight excluding hydrogens is 377 g/mol. The third-order valence-electron chi connectivity index (χ3n) is 4.12. The summed E-state index contributed by atoms with van der Waals surface area (Å²) in [5, 5.41) is 9.02. The van der Waals surface area contributed by atoms with Crippen LogP contribution in [0.3, 0.4) is 0 Å². The van der Waals surface area contributed by atoms with Gasteiger partial charge < -0.3 is 9.30 Å². The zero-order valence-corrected chi connectivity index (χ0v) is 16.9. The molecule has 0 bridgehead atoms. The summed E-state index contributed by atoms with van der Waals surface area (Å²) in [4.78, 5) is 12.5. The molecule has 146 valence electrons. The zero-order valence-electron chi connectivity index (χ0n) is 16.1. The van der Waals surface area contributed by atoms with Crippen LogP contribution >= 0.6 is 11.8 Å². The van der Waals surface area contributed by atoms with Gasteiger partial charge in [-0.15, -0.1) is 10.2 Å². The number of Topliss-reactive ketones (excluding diaryl/α,β-unsaturated/α-hetero) is 1. The van der Waals surface area contributed by atoms with E-state index in [1.165, 1.54) is 17.8 Å². The average molecular weight is 399 g/mol. The fourth-order valence-electron chi connectivity index (χ4n) is 2.76. The van der Waals surface area contributed by atoms with Gasteiger partial charge in [-0.05, 0) is 42.3 Å². The first kappa shape index (κ1) is 20.1. The average Bonchev–Trinajstić information content (AvgIpc) is 3.08. The molecule has 2 aromatic carbocycles. The van der Waals surface area contributed by atoms with Gasteiger partial charge in [0.15, 0.2) is 16.8 Å². The van der Waals surface area contributed by atoms with Crippen molar-refractivity contribution in [2.75, 3.05) is 12.9 Å². The third-order valence-corrected chi connectivity index (χ3v) is 5.09. The first-order valence-corrected chi connectivity index (χ1v) is 9.96. The molecule has 7 heteroatoms. The van der Waals surface area contributed by atoms with Crippen LogP contribution < -0.4 is 4.74 Å². The first-order chi connectivity index (χ1) is 13.5. The SMILES string of the molecule is COc1ccc(C(=O)CSc2nnc(-c3ccccc3F)n2CC(C)C)cc1. The van der Waals surface area contributed by atoms with Gasteiger partial charge in [-0.2, -0.15) is 0 Å². The Morgan fingerprint density at radius 1 is 1.14 bits per heavy atom. The number of ether oxygens (including phenoxy) is 1. The fraction of sp³-hybridized carbons (Fsp3) is 0.286.